The molecule has 4 nitrogen and oxygen atoms in total. The van der Waals surface area contributed by atoms with Gasteiger partial charge in [-0.05, 0) is 23.9 Å². The molecule has 2 rings (SSSR count). The molecule has 0 N–H and O–H groups in total. The van der Waals surface area contributed by atoms with Gasteiger partial charge in [-0.3, -0.25) is 0 Å². The third kappa shape index (κ3) is 2.55. The highest BCUT2D eigenvalue weighted by Crippen LogP contribution is 2.26. The van der Waals surface area contributed by atoms with E-state index in [1.54, 1.807) is 0 Å². The minimum Gasteiger partial charge on any atom is -0.371 e. The van der Waals surface area contributed by atoms with Crippen LogP contribution in [0.3, 0.4) is 0 Å². The first kappa shape index (κ1) is 12.3. The van der Waals surface area contributed by atoms with Gasteiger partial charge in [-0.25, -0.2) is 0 Å². The Morgan fingerprint density at radius 2 is 1.94 bits per heavy atom. The van der Waals surface area contributed by atoms with Gasteiger partial charge in [-0.1, -0.05) is 41.5 Å². The van der Waals surface area contributed by atoms with E-state index in [2.05, 4.69) is 52.2 Å². The Labute approximate surface area is 106 Å². The quantitative estimate of drug-likeness (QED) is 0.443. The SMILES string of the molecule is CCN(CCN=[N+]=[N-])c1cccc2ccccc12. The molecule has 0 unspecified atom stereocenters. The number of rotatable bonds is 5. The molecule has 0 spiro atoms. The molecule has 2 aromatic rings. The zero-order valence-electron chi connectivity index (χ0n) is 10.5. The van der Waals surface area contributed by atoms with Crippen molar-refractivity contribution in [1.29, 1.82) is 0 Å². The topological polar surface area (TPSA) is 52.0 Å². The normalized spacial score (nSPS) is 10.1. The molecule has 0 aliphatic carbocycles. The van der Waals surface area contributed by atoms with Gasteiger partial charge in [-0.2, -0.15) is 0 Å². The molecule has 0 atom stereocenters. The molecule has 0 bridgehead atoms. The van der Waals surface area contributed by atoms with Gasteiger partial charge in [0.2, 0.25) is 0 Å². The fourth-order valence-electron chi connectivity index (χ4n) is 2.14. The Morgan fingerprint density at radius 3 is 2.72 bits per heavy atom. The summed E-state index contributed by atoms with van der Waals surface area (Å²) in [5.74, 6) is 0. The van der Waals surface area contributed by atoms with Crippen molar-refractivity contribution in [3.8, 4) is 0 Å². The minimum atomic E-state index is 0.494. The fraction of sp³-hybridized carbons (Fsp3) is 0.286. The average molecular weight is 240 g/mol. The van der Waals surface area contributed by atoms with Crippen LogP contribution >= 0.6 is 0 Å². The molecule has 0 heterocycles. The van der Waals surface area contributed by atoms with E-state index < -0.39 is 0 Å². The lowest BCUT2D eigenvalue weighted by atomic mass is 10.1. The maximum atomic E-state index is 8.33. The van der Waals surface area contributed by atoms with Crippen LogP contribution in [0.2, 0.25) is 0 Å². The molecule has 0 aromatic heterocycles. The van der Waals surface area contributed by atoms with Gasteiger partial charge >= 0.3 is 0 Å². The number of fused-ring (bicyclic) bond motifs is 1. The highest BCUT2D eigenvalue weighted by Gasteiger charge is 2.07. The molecule has 0 saturated carbocycles. The number of azide groups is 1. The van der Waals surface area contributed by atoms with E-state index in [4.69, 9.17) is 5.53 Å². The first-order valence-electron chi connectivity index (χ1n) is 6.10. The van der Waals surface area contributed by atoms with E-state index in [-0.39, 0.29) is 0 Å². The molecule has 0 aliphatic heterocycles. The third-order valence-corrected chi connectivity index (χ3v) is 3.02. The Bertz CT molecular complexity index is 568. The largest absolute Gasteiger partial charge is 0.371 e. The molecule has 4 heteroatoms. The van der Waals surface area contributed by atoms with Gasteiger partial charge in [0, 0.05) is 35.6 Å². The van der Waals surface area contributed by atoms with Crippen LogP contribution in [0.15, 0.2) is 47.6 Å². The molecule has 0 fully saturated rings. The third-order valence-electron chi connectivity index (χ3n) is 3.02. The number of benzene rings is 2. The number of hydrogen-bond donors (Lipinski definition) is 0. The molecule has 92 valence electrons. The van der Waals surface area contributed by atoms with Crippen molar-refractivity contribution >= 4 is 16.5 Å². The summed E-state index contributed by atoms with van der Waals surface area (Å²) in [5.41, 5.74) is 9.53. The van der Waals surface area contributed by atoms with Crippen molar-refractivity contribution in [2.75, 3.05) is 24.5 Å². The van der Waals surface area contributed by atoms with Crippen LogP contribution in [-0.4, -0.2) is 19.6 Å². The van der Waals surface area contributed by atoms with Gasteiger partial charge in [0.05, 0.1) is 0 Å². The molecular formula is C14H16N4. The van der Waals surface area contributed by atoms with Crippen LogP contribution in [0.4, 0.5) is 5.69 Å². The van der Waals surface area contributed by atoms with Crippen LogP contribution in [-0.2, 0) is 0 Å². The predicted octanol–water partition coefficient (Wildman–Crippen LogP) is 3.98. The van der Waals surface area contributed by atoms with Crippen molar-refractivity contribution in [2.24, 2.45) is 5.11 Å². The van der Waals surface area contributed by atoms with Crippen molar-refractivity contribution in [3.05, 3.63) is 52.9 Å². The monoisotopic (exact) mass is 240 g/mol. The second-order valence-electron chi connectivity index (χ2n) is 4.03. The van der Waals surface area contributed by atoms with Crippen molar-refractivity contribution in [1.82, 2.24) is 0 Å². The summed E-state index contributed by atoms with van der Waals surface area (Å²) in [4.78, 5) is 5.03. The Balaban J connectivity index is 2.35. The first-order valence-corrected chi connectivity index (χ1v) is 6.10. The van der Waals surface area contributed by atoms with Crippen LogP contribution < -0.4 is 4.90 Å². The molecule has 18 heavy (non-hydrogen) atoms. The van der Waals surface area contributed by atoms with Crippen molar-refractivity contribution in [3.63, 3.8) is 0 Å². The van der Waals surface area contributed by atoms with E-state index in [0.29, 0.717) is 6.54 Å². The van der Waals surface area contributed by atoms with Crippen LogP contribution in [0.1, 0.15) is 6.92 Å². The molecule has 2 aromatic carbocycles. The molecule has 0 aliphatic rings. The highest BCUT2D eigenvalue weighted by molar-refractivity contribution is 5.94. The maximum absolute atomic E-state index is 8.33. The summed E-state index contributed by atoms with van der Waals surface area (Å²) in [6.45, 7) is 4.24. The second-order valence-corrected chi connectivity index (χ2v) is 4.03. The van der Waals surface area contributed by atoms with E-state index in [0.717, 1.165) is 13.1 Å². The van der Waals surface area contributed by atoms with E-state index in [9.17, 15) is 0 Å². The summed E-state index contributed by atoms with van der Waals surface area (Å²) >= 11 is 0. The van der Waals surface area contributed by atoms with E-state index in [1.807, 2.05) is 12.1 Å². The molecule has 0 saturated heterocycles. The number of nitrogens with zero attached hydrogens (tertiary/aromatic N) is 4. The molecule has 0 amide bonds. The lowest BCUT2D eigenvalue weighted by molar-refractivity contribution is 0.817. The molecular weight excluding hydrogens is 224 g/mol. The van der Waals surface area contributed by atoms with Gasteiger partial charge < -0.3 is 4.90 Å². The van der Waals surface area contributed by atoms with Crippen molar-refractivity contribution < 1.29 is 0 Å². The zero-order chi connectivity index (χ0) is 12.8. The Morgan fingerprint density at radius 1 is 1.17 bits per heavy atom. The van der Waals surface area contributed by atoms with E-state index >= 15 is 0 Å². The summed E-state index contributed by atoms with van der Waals surface area (Å²) in [6.07, 6.45) is 0. The minimum absolute atomic E-state index is 0.494. The summed E-state index contributed by atoms with van der Waals surface area (Å²) < 4.78 is 0. The van der Waals surface area contributed by atoms with Crippen LogP contribution in [0.5, 0.6) is 0 Å². The lowest BCUT2D eigenvalue weighted by Crippen LogP contribution is -2.25. The van der Waals surface area contributed by atoms with Gasteiger partial charge in [0.15, 0.2) is 0 Å². The maximum Gasteiger partial charge on any atom is 0.0445 e. The summed E-state index contributed by atoms with van der Waals surface area (Å²) in [7, 11) is 0. The van der Waals surface area contributed by atoms with Crippen LogP contribution in [0, 0.1) is 0 Å². The molecule has 0 radical (unpaired) electrons. The van der Waals surface area contributed by atoms with Crippen molar-refractivity contribution in [2.45, 2.75) is 6.92 Å². The van der Waals surface area contributed by atoms with Gasteiger partial charge in [-0.15, -0.1) is 0 Å². The Kier molecular flexibility index (Phi) is 4.05. The van der Waals surface area contributed by atoms with Crippen LogP contribution in [0.25, 0.3) is 21.2 Å². The summed E-state index contributed by atoms with van der Waals surface area (Å²) in [6, 6.07) is 14.6. The number of anilines is 1. The fourth-order valence-corrected chi connectivity index (χ4v) is 2.14. The Hall–Kier alpha value is -2.19. The standard InChI is InChI=1S/C14H16N4/c1-2-18(11-10-16-17-15)14-9-5-7-12-6-3-4-8-13(12)14/h3-9H,2,10-11H2,1H3. The van der Waals surface area contributed by atoms with Gasteiger partial charge in [0.25, 0.3) is 0 Å². The predicted molar refractivity (Wildman–Crippen MR) is 75.8 cm³/mol. The lowest BCUT2D eigenvalue weighted by Gasteiger charge is -2.23. The number of likely N-dealkylation sites (N-methyl/N-ethyl adjacent to an activating group) is 1. The average Bonchev–Trinajstić information content (AvgIpc) is 2.43. The summed E-state index contributed by atoms with van der Waals surface area (Å²) in [5, 5.41) is 6.08. The van der Waals surface area contributed by atoms with E-state index in [1.165, 1.54) is 16.5 Å². The zero-order valence-corrected chi connectivity index (χ0v) is 10.5. The highest BCUT2D eigenvalue weighted by atomic mass is 15.2. The smallest absolute Gasteiger partial charge is 0.0445 e. The van der Waals surface area contributed by atoms with Gasteiger partial charge in [0.1, 0.15) is 0 Å². The second kappa shape index (κ2) is 5.94. The number of hydrogen-bond acceptors (Lipinski definition) is 2. The first-order chi connectivity index (χ1) is 8.86.